The van der Waals surface area contributed by atoms with Crippen LogP contribution in [0.3, 0.4) is 0 Å². The number of carbonyl (C=O) groups is 2. The fraction of sp³-hybridized carbons (Fsp3) is 0.467. The van der Waals surface area contributed by atoms with Crippen molar-refractivity contribution in [3.63, 3.8) is 0 Å². The summed E-state index contributed by atoms with van der Waals surface area (Å²) >= 11 is 0. The zero-order chi connectivity index (χ0) is 14.7. The van der Waals surface area contributed by atoms with Gasteiger partial charge in [0.05, 0.1) is 6.42 Å². The van der Waals surface area contributed by atoms with Crippen molar-refractivity contribution in [2.75, 3.05) is 12.3 Å². The number of nitrogens with zero attached hydrogens (tertiary/aromatic N) is 1. The Hall–Kier alpha value is -2.04. The topological polar surface area (TPSA) is 75.4 Å². The molecule has 0 aliphatic carbocycles. The van der Waals surface area contributed by atoms with Crippen LogP contribution in [0.5, 0.6) is 0 Å². The fourth-order valence-electron chi connectivity index (χ4n) is 2.41. The Kier molecular flexibility index (Phi) is 4.27. The molecule has 0 bridgehead atoms. The third-order valence-electron chi connectivity index (χ3n) is 3.54. The number of hydrogen-bond acceptors (Lipinski definition) is 3. The molecule has 1 fully saturated rings. The normalized spacial score (nSPS) is 18.6. The molecule has 3 N–H and O–H groups in total. The molecular weight excluding hydrogens is 254 g/mol. The van der Waals surface area contributed by atoms with E-state index < -0.39 is 0 Å². The number of nitrogen functional groups attached to an aromatic ring is 1. The lowest BCUT2D eigenvalue weighted by Crippen LogP contribution is -2.43. The summed E-state index contributed by atoms with van der Waals surface area (Å²) in [7, 11) is 0. The number of rotatable bonds is 4. The first-order chi connectivity index (χ1) is 9.47. The van der Waals surface area contributed by atoms with Crippen molar-refractivity contribution < 1.29 is 9.59 Å². The average molecular weight is 275 g/mol. The monoisotopic (exact) mass is 275 g/mol. The summed E-state index contributed by atoms with van der Waals surface area (Å²) in [6.45, 7) is 4.68. The van der Waals surface area contributed by atoms with Gasteiger partial charge in [0.15, 0.2) is 0 Å². The second-order valence-electron chi connectivity index (χ2n) is 5.45. The highest BCUT2D eigenvalue weighted by Gasteiger charge is 2.33. The quantitative estimate of drug-likeness (QED) is 0.803. The number of nitrogens with two attached hydrogens (primary N) is 1. The highest BCUT2D eigenvalue weighted by atomic mass is 16.2. The molecule has 1 aromatic rings. The van der Waals surface area contributed by atoms with Crippen LogP contribution in [0.4, 0.5) is 5.69 Å². The van der Waals surface area contributed by atoms with E-state index in [-0.39, 0.29) is 30.3 Å². The average Bonchev–Trinajstić information content (AvgIpc) is 2.74. The molecule has 108 valence electrons. The molecule has 0 radical (unpaired) electrons. The van der Waals surface area contributed by atoms with Gasteiger partial charge in [-0.15, -0.1) is 0 Å². The number of hydrogen-bond donors (Lipinski definition) is 2. The largest absolute Gasteiger partial charge is 0.399 e. The minimum atomic E-state index is -0.376. The van der Waals surface area contributed by atoms with E-state index in [0.29, 0.717) is 18.7 Å². The second-order valence-corrected chi connectivity index (χ2v) is 5.45. The molecule has 1 atom stereocenters. The van der Waals surface area contributed by atoms with Crippen LogP contribution in [-0.2, 0) is 16.0 Å². The summed E-state index contributed by atoms with van der Waals surface area (Å²) in [5.41, 5.74) is 7.17. The van der Waals surface area contributed by atoms with E-state index in [2.05, 4.69) is 5.32 Å². The van der Waals surface area contributed by atoms with E-state index in [1.165, 1.54) is 0 Å². The van der Waals surface area contributed by atoms with Crippen LogP contribution in [0.15, 0.2) is 24.3 Å². The van der Waals surface area contributed by atoms with Crippen LogP contribution < -0.4 is 11.1 Å². The van der Waals surface area contributed by atoms with Crippen molar-refractivity contribution >= 4 is 17.5 Å². The van der Waals surface area contributed by atoms with Gasteiger partial charge in [0, 0.05) is 18.3 Å². The molecule has 0 aromatic heterocycles. The maximum atomic E-state index is 12.1. The SMILES string of the molecule is CC(C)N1CCC(NC(=O)Cc2ccc(N)cc2)C1=O. The van der Waals surface area contributed by atoms with Crippen molar-refractivity contribution in [3.05, 3.63) is 29.8 Å². The molecule has 0 saturated carbocycles. The number of amides is 2. The summed E-state index contributed by atoms with van der Waals surface area (Å²) < 4.78 is 0. The van der Waals surface area contributed by atoms with Crippen molar-refractivity contribution in [2.45, 2.75) is 38.8 Å². The zero-order valence-electron chi connectivity index (χ0n) is 11.9. The van der Waals surface area contributed by atoms with Crippen LogP contribution in [0.1, 0.15) is 25.8 Å². The molecule has 1 aromatic carbocycles. The lowest BCUT2D eigenvalue weighted by molar-refractivity contribution is -0.133. The predicted molar refractivity (Wildman–Crippen MR) is 78.0 cm³/mol. The first-order valence-corrected chi connectivity index (χ1v) is 6.91. The van der Waals surface area contributed by atoms with Gasteiger partial charge in [-0.1, -0.05) is 12.1 Å². The molecular formula is C15H21N3O2. The number of benzene rings is 1. The molecule has 1 saturated heterocycles. The summed E-state index contributed by atoms with van der Waals surface area (Å²) in [5.74, 6) is -0.107. The molecule has 1 unspecified atom stereocenters. The zero-order valence-corrected chi connectivity index (χ0v) is 11.9. The van der Waals surface area contributed by atoms with Crippen molar-refractivity contribution in [1.29, 1.82) is 0 Å². The Morgan fingerprint density at radius 3 is 2.60 bits per heavy atom. The second kappa shape index (κ2) is 5.94. The van der Waals surface area contributed by atoms with Crippen LogP contribution in [-0.4, -0.2) is 35.3 Å². The molecule has 0 spiro atoms. The van der Waals surface area contributed by atoms with E-state index in [1.54, 1.807) is 17.0 Å². The van der Waals surface area contributed by atoms with Gasteiger partial charge in [0.1, 0.15) is 6.04 Å². The van der Waals surface area contributed by atoms with E-state index in [1.807, 2.05) is 26.0 Å². The first kappa shape index (κ1) is 14.4. The third kappa shape index (κ3) is 3.29. The van der Waals surface area contributed by atoms with E-state index in [4.69, 9.17) is 5.73 Å². The molecule has 20 heavy (non-hydrogen) atoms. The van der Waals surface area contributed by atoms with Gasteiger partial charge in [0.25, 0.3) is 0 Å². The lowest BCUT2D eigenvalue weighted by Gasteiger charge is -2.21. The Bertz CT molecular complexity index is 496. The maximum Gasteiger partial charge on any atom is 0.245 e. The van der Waals surface area contributed by atoms with Gasteiger partial charge in [-0.25, -0.2) is 0 Å². The van der Waals surface area contributed by atoms with Gasteiger partial charge < -0.3 is 16.0 Å². The Labute approximate surface area is 119 Å². The standard InChI is InChI=1S/C15H21N3O2/c1-10(2)18-8-7-13(15(18)20)17-14(19)9-11-3-5-12(16)6-4-11/h3-6,10,13H,7-9,16H2,1-2H3,(H,17,19). The van der Waals surface area contributed by atoms with E-state index in [9.17, 15) is 9.59 Å². The summed E-state index contributed by atoms with van der Waals surface area (Å²) in [5, 5.41) is 2.82. The highest BCUT2D eigenvalue weighted by Crippen LogP contribution is 2.14. The third-order valence-corrected chi connectivity index (χ3v) is 3.54. The van der Waals surface area contributed by atoms with Gasteiger partial charge in [-0.05, 0) is 38.0 Å². The van der Waals surface area contributed by atoms with Crippen LogP contribution >= 0.6 is 0 Å². The fourth-order valence-corrected chi connectivity index (χ4v) is 2.41. The Morgan fingerprint density at radius 1 is 1.40 bits per heavy atom. The number of anilines is 1. The van der Waals surface area contributed by atoms with E-state index in [0.717, 1.165) is 5.56 Å². The summed E-state index contributed by atoms with van der Waals surface area (Å²) in [6, 6.07) is 6.99. The van der Waals surface area contributed by atoms with Crippen LogP contribution in [0.25, 0.3) is 0 Å². The molecule has 2 rings (SSSR count). The van der Waals surface area contributed by atoms with Gasteiger partial charge in [-0.2, -0.15) is 0 Å². The minimum absolute atomic E-state index is 0.0191. The minimum Gasteiger partial charge on any atom is -0.399 e. The number of nitrogens with one attached hydrogen (secondary N) is 1. The summed E-state index contributed by atoms with van der Waals surface area (Å²) in [4.78, 5) is 25.8. The predicted octanol–water partition coefficient (Wildman–Crippen LogP) is 0.937. The Balaban J connectivity index is 1.89. The van der Waals surface area contributed by atoms with Crippen molar-refractivity contribution in [2.24, 2.45) is 0 Å². The number of likely N-dealkylation sites (tertiary alicyclic amines) is 1. The van der Waals surface area contributed by atoms with Crippen LogP contribution in [0.2, 0.25) is 0 Å². The molecule has 1 aliphatic heterocycles. The number of carbonyl (C=O) groups excluding carboxylic acids is 2. The van der Waals surface area contributed by atoms with Crippen molar-refractivity contribution in [3.8, 4) is 0 Å². The van der Waals surface area contributed by atoms with Gasteiger partial charge in [-0.3, -0.25) is 9.59 Å². The molecule has 5 heteroatoms. The molecule has 1 heterocycles. The Morgan fingerprint density at radius 2 is 2.05 bits per heavy atom. The lowest BCUT2D eigenvalue weighted by atomic mass is 10.1. The van der Waals surface area contributed by atoms with Gasteiger partial charge >= 0.3 is 0 Å². The molecule has 1 aliphatic rings. The van der Waals surface area contributed by atoms with E-state index >= 15 is 0 Å². The molecule has 2 amide bonds. The molecule has 5 nitrogen and oxygen atoms in total. The maximum absolute atomic E-state index is 12.1. The summed E-state index contributed by atoms with van der Waals surface area (Å²) in [6.07, 6.45) is 0.955. The smallest absolute Gasteiger partial charge is 0.245 e. The van der Waals surface area contributed by atoms with Crippen molar-refractivity contribution in [1.82, 2.24) is 10.2 Å². The van der Waals surface area contributed by atoms with Crippen LogP contribution in [0, 0.1) is 0 Å². The first-order valence-electron chi connectivity index (χ1n) is 6.91. The highest BCUT2D eigenvalue weighted by molar-refractivity contribution is 5.90. The van der Waals surface area contributed by atoms with Gasteiger partial charge in [0.2, 0.25) is 11.8 Å².